The zero-order chi connectivity index (χ0) is 18.2. The average molecular weight is 341 g/mol. The molecule has 2 rings (SSSR count). The molecule has 2 N–H and O–H groups in total. The zero-order valence-electron chi connectivity index (χ0n) is 14.5. The van der Waals surface area contributed by atoms with Crippen LogP contribution in [0.1, 0.15) is 41.3 Å². The fourth-order valence-corrected chi connectivity index (χ4v) is 2.49. The van der Waals surface area contributed by atoms with Gasteiger partial charge in [0.25, 0.3) is 0 Å². The number of amides is 1. The zero-order valence-corrected chi connectivity index (χ0v) is 14.5. The number of aryl methyl sites for hydroxylation is 2. The summed E-state index contributed by atoms with van der Waals surface area (Å²) in [4.78, 5) is 23.4. The van der Waals surface area contributed by atoms with Crippen molar-refractivity contribution in [3.8, 4) is 5.75 Å². The van der Waals surface area contributed by atoms with Crippen molar-refractivity contribution in [2.24, 2.45) is 0 Å². The Morgan fingerprint density at radius 2 is 1.92 bits per heavy atom. The maximum absolute atomic E-state index is 12.2. The molecule has 0 aliphatic rings. The highest BCUT2D eigenvalue weighted by Crippen LogP contribution is 2.22. The third-order valence-electron chi connectivity index (χ3n) is 3.81. The molecule has 5 nitrogen and oxygen atoms in total. The van der Waals surface area contributed by atoms with Gasteiger partial charge in [-0.25, -0.2) is 4.79 Å². The Bertz CT molecular complexity index is 755. The van der Waals surface area contributed by atoms with Gasteiger partial charge in [-0.1, -0.05) is 25.1 Å². The number of aromatic carboxylic acids is 1. The van der Waals surface area contributed by atoms with Crippen molar-refractivity contribution in [2.45, 2.75) is 33.1 Å². The van der Waals surface area contributed by atoms with E-state index in [2.05, 4.69) is 5.32 Å². The number of carbonyl (C=O) groups is 2. The lowest BCUT2D eigenvalue weighted by atomic mass is 10.0. The maximum Gasteiger partial charge on any atom is 0.335 e. The van der Waals surface area contributed by atoms with E-state index in [4.69, 9.17) is 4.74 Å². The molecule has 0 saturated carbocycles. The van der Waals surface area contributed by atoms with E-state index >= 15 is 0 Å². The minimum atomic E-state index is -0.977. The second-order valence-electron chi connectivity index (χ2n) is 5.84. The van der Waals surface area contributed by atoms with Crippen molar-refractivity contribution < 1.29 is 19.4 Å². The summed E-state index contributed by atoms with van der Waals surface area (Å²) in [6.07, 6.45) is 1.54. The van der Waals surface area contributed by atoms with Crippen molar-refractivity contribution in [3.63, 3.8) is 0 Å². The van der Waals surface area contributed by atoms with Crippen LogP contribution in [0.5, 0.6) is 5.75 Å². The van der Waals surface area contributed by atoms with Crippen molar-refractivity contribution in [1.82, 2.24) is 0 Å². The molecular weight excluding hydrogens is 318 g/mol. The summed E-state index contributed by atoms with van der Waals surface area (Å²) in [6, 6.07) is 12.3. The minimum Gasteiger partial charge on any atom is -0.494 e. The number of ether oxygens (including phenoxy) is 1. The molecule has 5 heteroatoms. The standard InChI is InChI=1S/C20H23NO4/c1-3-12-25-16-9-10-18(14(2)13-16)21-19(22)11-8-15-6-4-5-7-17(15)20(23)24/h4-7,9-10,13H,3,8,11-12H2,1-2H3,(H,21,22)(H,23,24). The predicted octanol–water partition coefficient (Wildman–Crippen LogP) is 4.05. The Hall–Kier alpha value is -2.82. The summed E-state index contributed by atoms with van der Waals surface area (Å²) >= 11 is 0. The molecule has 2 aromatic carbocycles. The molecule has 0 aliphatic carbocycles. The molecule has 0 unspecified atom stereocenters. The number of rotatable bonds is 8. The van der Waals surface area contributed by atoms with Gasteiger partial charge in [0.15, 0.2) is 0 Å². The molecular formula is C20H23NO4. The quantitative estimate of drug-likeness (QED) is 0.759. The van der Waals surface area contributed by atoms with Gasteiger partial charge < -0.3 is 15.2 Å². The third-order valence-corrected chi connectivity index (χ3v) is 3.81. The van der Waals surface area contributed by atoms with Crippen LogP contribution in [0, 0.1) is 6.92 Å². The van der Waals surface area contributed by atoms with E-state index in [-0.39, 0.29) is 17.9 Å². The Kier molecular flexibility index (Phi) is 6.57. The largest absolute Gasteiger partial charge is 0.494 e. The first-order valence-corrected chi connectivity index (χ1v) is 8.35. The van der Waals surface area contributed by atoms with Gasteiger partial charge >= 0.3 is 5.97 Å². The van der Waals surface area contributed by atoms with E-state index < -0.39 is 5.97 Å². The maximum atomic E-state index is 12.2. The summed E-state index contributed by atoms with van der Waals surface area (Å²) in [5.74, 6) is -0.340. The number of carboxylic acids is 1. The second-order valence-corrected chi connectivity index (χ2v) is 5.84. The van der Waals surface area contributed by atoms with Crippen molar-refractivity contribution >= 4 is 17.6 Å². The molecule has 0 saturated heterocycles. The predicted molar refractivity (Wildman–Crippen MR) is 97.3 cm³/mol. The molecule has 0 heterocycles. The van der Waals surface area contributed by atoms with Crippen LogP contribution in [0.3, 0.4) is 0 Å². The summed E-state index contributed by atoms with van der Waals surface area (Å²) in [7, 11) is 0. The number of nitrogens with one attached hydrogen (secondary N) is 1. The molecule has 0 aromatic heterocycles. The van der Waals surface area contributed by atoms with Crippen molar-refractivity contribution in [3.05, 3.63) is 59.2 Å². The van der Waals surface area contributed by atoms with E-state index in [0.717, 1.165) is 23.4 Å². The van der Waals surface area contributed by atoms with Gasteiger partial charge in [0.2, 0.25) is 5.91 Å². The lowest BCUT2D eigenvalue weighted by Gasteiger charge is -2.11. The van der Waals surface area contributed by atoms with Crippen LogP contribution < -0.4 is 10.1 Å². The monoisotopic (exact) mass is 341 g/mol. The lowest BCUT2D eigenvalue weighted by Crippen LogP contribution is -2.14. The van der Waals surface area contributed by atoms with Crippen LogP contribution in [0.2, 0.25) is 0 Å². The normalized spacial score (nSPS) is 10.3. The number of hydrogen-bond donors (Lipinski definition) is 2. The van der Waals surface area contributed by atoms with Crippen molar-refractivity contribution in [1.29, 1.82) is 0 Å². The van der Waals surface area contributed by atoms with Crippen LogP contribution in [0.25, 0.3) is 0 Å². The Labute approximate surface area is 147 Å². The Morgan fingerprint density at radius 3 is 2.60 bits per heavy atom. The van der Waals surface area contributed by atoms with Gasteiger partial charge in [-0.3, -0.25) is 4.79 Å². The van der Waals surface area contributed by atoms with Gasteiger partial charge in [-0.05, 0) is 55.2 Å². The summed E-state index contributed by atoms with van der Waals surface area (Å²) in [5, 5.41) is 12.0. The van der Waals surface area contributed by atoms with Gasteiger partial charge in [-0.15, -0.1) is 0 Å². The summed E-state index contributed by atoms with van der Waals surface area (Å²) in [6.45, 7) is 4.62. The highest BCUT2D eigenvalue weighted by Gasteiger charge is 2.11. The van der Waals surface area contributed by atoms with E-state index in [0.29, 0.717) is 18.6 Å². The van der Waals surface area contributed by atoms with Gasteiger partial charge in [0.05, 0.1) is 12.2 Å². The Morgan fingerprint density at radius 1 is 1.16 bits per heavy atom. The van der Waals surface area contributed by atoms with E-state index in [1.54, 1.807) is 24.3 Å². The highest BCUT2D eigenvalue weighted by atomic mass is 16.5. The first-order valence-electron chi connectivity index (χ1n) is 8.35. The molecule has 2 aromatic rings. The van der Waals surface area contributed by atoms with Gasteiger partial charge in [0, 0.05) is 12.1 Å². The molecule has 132 valence electrons. The first kappa shape index (κ1) is 18.5. The summed E-state index contributed by atoms with van der Waals surface area (Å²) < 4.78 is 5.57. The van der Waals surface area contributed by atoms with Crippen LogP contribution in [0.15, 0.2) is 42.5 Å². The van der Waals surface area contributed by atoms with E-state index in [1.807, 2.05) is 32.0 Å². The fraction of sp³-hybridized carbons (Fsp3) is 0.300. The number of anilines is 1. The molecule has 25 heavy (non-hydrogen) atoms. The topological polar surface area (TPSA) is 75.6 Å². The molecule has 0 atom stereocenters. The van der Waals surface area contributed by atoms with Crippen LogP contribution >= 0.6 is 0 Å². The van der Waals surface area contributed by atoms with Gasteiger partial charge in [0.1, 0.15) is 5.75 Å². The smallest absolute Gasteiger partial charge is 0.335 e. The van der Waals surface area contributed by atoms with Crippen LogP contribution in [-0.2, 0) is 11.2 Å². The molecule has 1 amide bonds. The Balaban J connectivity index is 1.96. The highest BCUT2D eigenvalue weighted by molar-refractivity contribution is 5.92. The molecule has 0 fully saturated rings. The SMILES string of the molecule is CCCOc1ccc(NC(=O)CCc2ccccc2C(=O)O)c(C)c1. The number of carboxylic acid groups (broad SMARTS) is 1. The number of benzene rings is 2. The second kappa shape index (κ2) is 8.87. The molecule has 0 aliphatic heterocycles. The molecule has 0 bridgehead atoms. The fourth-order valence-electron chi connectivity index (χ4n) is 2.49. The van der Waals surface area contributed by atoms with Crippen LogP contribution in [-0.4, -0.2) is 23.6 Å². The molecule has 0 spiro atoms. The van der Waals surface area contributed by atoms with E-state index in [9.17, 15) is 14.7 Å². The molecule has 0 radical (unpaired) electrons. The van der Waals surface area contributed by atoms with Gasteiger partial charge in [-0.2, -0.15) is 0 Å². The third kappa shape index (κ3) is 5.35. The van der Waals surface area contributed by atoms with Crippen LogP contribution in [0.4, 0.5) is 5.69 Å². The minimum absolute atomic E-state index is 0.148. The van der Waals surface area contributed by atoms with Crippen molar-refractivity contribution in [2.75, 3.05) is 11.9 Å². The summed E-state index contributed by atoms with van der Waals surface area (Å²) in [5.41, 5.74) is 2.56. The average Bonchev–Trinajstić information content (AvgIpc) is 2.60. The number of carbonyl (C=O) groups excluding carboxylic acids is 1. The van der Waals surface area contributed by atoms with E-state index in [1.165, 1.54) is 0 Å². The number of hydrogen-bond acceptors (Lipinski definition) is 3. The first-order chi connectivity index (χ1) is 12.0. The lowest BCUT2D eigenvalue weighted by molar-refractivity contribution is -0.116.